The fraction of sp³-hybridized carbons (Fsp3) is 0.263. The van der Waals surface area contributed by atoms with Gasteiger partial charge in [-0.1, -0.05) is 25.1 Å². The molecule has 0 saturated carbocycles. The summed E-state index contributed by atoms with van der Waals surface area (Å²) in [4.78, 5) is 23.1. The minimum atomic E-state index is -0.904. The van der Waals surface area contributed by atoms with Gasteiger partial charge in [-0.2, -0.15) is 0 Å². The first-order valence-corrected chi connectivity index (χ1v) is 7.94. The molecular formula is C19H21NO4. The SMILES string of the molecule is CCCn1cc(/C=C/C(=O)/C=C(\O)C(=O)OCC)c2ccccc21. The zero-order valence-corrected chi connectivity index (χ0v) is 13.9. The van der Waals surface area contributed by atoms with Crippen LogP contribution >= 0.6 is 0 Å². The number of esters is 1. The second-order valence-electron chi connectivity index (χ2n) is 5.28. The number of para-hydroxylation sites is 1. The predicted octanol–water partition coefficient (Wildman–Crippen LogP) is 3.64. The highest BCUT2D eigenvalue weighted by Crippen LogP contribution is 2.22. The van der Waals surface area contributed by atoms with E-state index in [4.69, 9.17) is 0 Å². The van der Waals surface area contributed by atoms with Crippen molar-refractivity contribution in [3.63, 3.8) is 0 Å². The van der Waals surface area contributed by atoms with Crippen LogP contribution in [-0.4, -0.2) is 28.0 Å². The van der Waals surface area contributed by atoms with Crippen molar-refractivity contribution in [2.75, 3.05) is 6.61 Å². The van der Waals surface area contributed by atoms with Crippen molar-refractivity contribution < 1.29 is 19.4 Å². The molecule has 0 unspecified atom stereocenters. The Morgan fingerprint density at radius 2 is 2.00 bits per heavy atom. The molecule has 1 heterocycles. The number of aliphatic hydroxyl groups excluding tert-OH is 1. The summed E-state index contributed by atoms with van der Waals surface area (Å²) in [6, 6.07) is 7.96. The maximum absolute atomic E-state index is 11.9. The Hall–Kier alpha value is -2.82. The first-order chi connectivity index (χ1) is 11.6. The van der Waals surface area contributed by atoms with E-state index in [1.54, 1.807) is 13.0 Å². The van der Waals surface area contributed by atoms with Crippen LogP contribution in [0.3, 0.4) is 0 Å². The zero-order valence-electron chi connectivity index (χ0n) is 13.9. The van der Waals surface area contributed by atoms with Crippen LogP contribution in [0.2, 0.25) is 0 Å². The lowest BCUT2D eigenvalue weighted by molar-refractivity contribution is -0.141. The minimum absolute atomic E-state index is 0.137. The molecule has 2 aromatic rings. The van der Waals surface area contributed by atoms with E-state index < -0.39 is 17.5 Å². The standard InChI is InChI=1S/C19H21NO4/c1-3-11-20-13-14(16-7-5-6-8-17(16)20)9-10-15(21)12-18(22)19(23)24-4-2/h5-10,12-13,22H,3-4,11H2,1-2H3/b10-9+,18-12-. The normalized spacial score (nSPS) is 12.0. The number of aliphatic hydroxyl groups is 1. The number of carbonyl (C=O) groups is 2. The van der Waals surface area contributed by atoms with Crippen LogP contribution in [0, 0.1) is 0 Å². The molecule has 5 heteroatoms. The summed E-state index contributed by atoms with van der Waals surface area (Å²) >= 11 is 0. The number of benzene rings is 1. The second-order valence-corrected chi connectivity index (χ2v) is 5.28. The van der Waals surface area contributed by atoms with Gasteiger partial charge < -0.3 is 14.4 Å². The molecular weight excluding hydrogens is 306 g/mol. The van der Waals surface area contributed by atoms with Gasteiger partial charge in [0.15, 0.2) is 5.78 Å². The summed E-state index contributed by atoms with van der Waals surface area (Å²) in [5.41, 5.74) is 2.02. The van der Waals surface area contributed by atoms with E-state index in [1.807, 2.05) is 30.5 Å². The summed E-state index contributed by atoms with van der Waals surface area (Å²) < 4.78 is 6.76. The first-order valence-electron chi connectivity index (χ1n) is 7.94. The fourth-order valence-corrected chi connectivity index (χ4v) is 2.45. The van der Waals surface area contributed by atoms with Crippen molar-refractivity contribution in [1.82, 2.24) is 4.57 Å². The highest BCUT2D eigenvalue weighted by molar-refractivity contribution is 6.06. The van der Waals surface area contributed by atoms with Crippen molar-refractivity contribution in [2.45, 2.75) is 26.8 Å². The molecule has 1 aromatic carbocycles. The van der Waals surface area contributed by atoms with Gasteiger partial charge in [0, 0.05) is 35.3 Å². The molecule has 0 fully saturated rings. The molecule has 1 N–H and O–H groups in total. The third-order valence-corrected chi connectivity index (χ3v) is 3.47. The Morgan fingerprint density at radius 3 is 2.71 bits per heavy atom. The Morgan fingerprint density at radius 1 is 1.25 bits per heavy atom. The van der Waals surface area contributed by atoms with Crippen molar-refractivity contribution in [3.8, 4) is 0 Å². The molecule has 24 heavy (non-hydrogen) atoms. The quantitative estimate of drug-likeness (QED) is 0.479. The van der Waals surface area contributed by atoms with Gasteiger partial charge in [0.2, 0.25) is 5.76 Å². The van der Waals surface area contributed by atoms with Gasteiger partial charge in [0.1, 0.15) is 0 Å². The van der Waals surface area contributed by atoms with Crippen LogP contribution in [0.4, 0.5) is 0 Å². The molecule has 126 valence electrons. The highest BCUT2D eigenvalue weighted by Gasteiger charge is 2.10. The van der Waals surface area contributed by atoms with Gasteiger partial charge in [-0.3, -0.25) is 4.79 Å². The van der Waals surface area contributed by atoms with E-state index >= 15 is 0 Å². The summed E-state index contributed by atoms with van der Waals surface area (Å²) in [6.07, 6.45) is 6.88. The van der Waals surface area contributed by atoms with Crippen molar-refractivity contribution >= 4 is 28.7 Å². The lowest BCUT2D eigenvalue weighted by atomic mass is 10.1. The lowest BCUT2D eigenvalue weighted by Crippen LogP contribution is -2.08. The van der Waals surface area contributed by atoms with Gasteiger partial charge in [-0.05, 0) is 31.6 Å². The number of aryl methyl sites for hydroxylation is 1. The van der Waals surface area contributed by atoms with E-state index in [9.17, 15) is 14.7 Å². The number of hydrogen-bond acceptors (Lipinski definition) is 4. The number of allylic oxidation sites excluding steroid dienone is 2. The van der Waals surface area contributed by atoms with E-state index in [-0.39, 0.29) is 6.61 Å². The van der Waals surface area contributed by atoms with Gasteiger partial charge in [-0.15, -0.1) is 0 Å². The minimum Gasteiger partial charge on any atom is -0.502 e. The first kappa shape index (κ1) is 17.5. The zero-order chi connectivity index (χ0) is 17.5. The Bertz CT molecular complexity index is 799. The molecule has 0 aliphatic carbocycles. The van der Waals surface area contributed by atoms with Gasteiger partial charge >= 0.3 is 5.97 Å². The molecule has 0 atom stereocenters. The number of carbonyl (C=O) groups excluding carboxylic acids is 2. The topological polar surface area (TPSA) is 68.5 Å². The Kier molecular flexibility index (Phi) is 5.95. The van der Waals surface area contributed by atoms with E-state index in [0.717, 1.165) is 35.5 Å². The molecule has 1 aromatic heterocycles. The number of ether oxygens (including phenoxy) is 1. The average molecular weight is 327 g/mol. The molecule has 0 spiro atoms. The fourth-order valence-electron chi connectivity index (χ4n) is 2.45. The number of nitrogens with zero attached hydrogens (tertiary/aromatic N) is 1. The molecule has 0 aliphatic rings. The molecule has 0 saturated heterocycles. The highest BCUT2D eigenvalue weighted by atomic mass is 16.5. The largest absolute Gasteiger partial charge is 0.502 e. The summed E-state index contributed by atoms with van der Waals surface area (Å²) in [5, 5.41) is 10.5. The number of rotatable bonds is 7. The third-order valence-electron chi connectivity index (χ3n) is 3.47. The Labute approximate surface area is 140 Å². The Balaban J connectivity index is 2.23. The van der Waals surface area contributed by atoms with Crippen LogP contribution in [0.5, 0.6) is 0 Å². The molecule has 0 radical (unpaired) electrons. The van der Waals surface area contributed by atoms with E-state index in [0.29, 0.717) is 0 Å². The maximum atomic E-state index is 11.9. The van der Waals surface area contributed by atoms with Gasteiger partial charge in [0.05, 0.1) is 6.61 Å². The molecule has 0 aliphatic heterocycles. The number of ketones is 1. The maximum Gasteiger partial charge on any atom is 0.373 e. The van der Waals surface area contributed by atoms with E-state index in [1.165, 1.54) is 6.08 Å². The number of fused-ring (bicyclic) bond motifs is 1. The monoisotopic (exact) mass is 327 g/mol. The second kappa shape index (κ2) is 8.15. The summed E-state index contributed by atoms with van der Waals surface area (Å²) in [7, 11) is 0. The van der Waals surface area contributed by atoms with Crippen LogP contribution in [-0.2, 0) is 20.9 Å². The summed E-state index contributed by atoms with van der Waals surface area (Å²) in [5.74, 6) is -2.08. The molecule has 0 amide bonds. The molecule has 0 bridgehead atoms. The smallest absolute Gasteiger partial charge is 0.373 e. The average Bonchev–Trinajstić information content (AvgIpc) is 2.92. The lowest BCUT2D eigenvalue weighted by Gasteiger charge is -2.01. The van der Waals surface area contributed by atoms with E-state index in [2.05, 4.69) is 16.2 Å². The molecule has 2 rings (SSSR count). The van der Waals surface area contributed by atoms with Crippen LogP contribution in [0.15, 0.2) is 48.4 Å². The van der Waals surface area contributed by atoms with Gasteiger partial charge in [0.25, 0.3) is 0 Å². The number of hydrogen-bond donors (Lipinski definition) is 1. The van der Waals surface area contributed by atoms with Crippen molar-refractivity contribution in [1.29, 1.82) is 0 Å². The number of aromatic nitrogens is 1. The summed E-state index contributed by atoms with van der Waals surface area (Å²) in [6.45, 7) is 4.76. The van der Waals surface area contributed by atoms with Gasteiger partial charge in [-0.25, -0.2) is 4.79 Å². The molecule has 5 nitrogen and oxygen atoms in total. The van der Waals surface area contributed by atoms with Crippen LogP contribution in [0.1, 0.15) is 25.8 Å². The van der Waals surface area contributed by atoms with Crippen LogP contribution in [0.25, 0.3) is 17.0 Å². The van der Waals surface area contributed by atoms with Crippen LogP contribution < -0.4 is 0 Å². The van der Waals surface area contributed by atoms with Crippen molar-refractivity contribution in [3.05, 3.63) is 53.9 Å². The third kappa shape index (κ3) is 4.13. The van der Waals surface area contributed by atoms with Crippen molar-refractivity contribution in [2.24, 2.45) is 0 Å². The predicted molar refractivity (Wildman–Crippen MR) is 93.6 cm³/mol.